The molecule has 0 fully saturated rings. The van der Waals surface area contributed by atoms with E-state index in [1.807, 2.05) is 23.3 Å². The molecule has 5 heteroatoms. The van der Waals surface area contributed by atoms with Crippen LogP contribution in [-0.4, -0.2) is 16.6 Å². The van der Waals surface area contributed by atoms with E-state index >= 15 is 0 Å². The number of halogens is 1. The maximum Gasteiger partial charge on any atom is 0.142 e. The van der Waals surface area contributed by atoms with Crippen LogP contribution in [-0.2, 0) is 13.2 Å². The molecule has 0 aromatic carbocycles. The van der Waals surface area contributed by atoms with Gasteiger partial charge in [-0.3, -0.25) is 0 Å². The van der Waals surface area contributed by atoms with Crippen molar-refractivity contribution in [3.63, 3.8) is 0 Å². The number of thiophene rings is 1. The molecule has 0 atom stereocenters. The largest absolute Gasteiger partial charge is 0.392 e. The molecule has 0 spiro atoms. The number of hydrogen-bond acceptors (Lipinski definition) is 4. The normalized spacial score (nSPS) is 10.6. The van der Waals surface area contributed by atoms with Crippen LogP contribution >= 0.6 is 11.3 Å². The number of rotatable bonds is 5. The lowest BCUT2D eigenvalue weighted by Crippen LogP contribution is -2.24. The van der Waals surface area contributed by atoms with Gasteiger partial charge in [0.1, 0.15) is 11.6 Å². The first-order valence-electron chi connectivity index (χ1n) is 5.77. The minimum atomic E-state index is -0.421. The molecule has 2 aromatic rings. The summed E-state index contributed by atoms with van der Waals surface area (Å²) >= 11 is 1.67. The SMILES string of the molecule is CCN(Cc1cccs1)c1ncc(F)cc1CO. The van der Waals surface area contributed by atoms with Crippen LogP contribution in [0.4, 0.5) is 10.2 Å². The van der Waals surface area contributed by atoms with Crippen LogP contribution in [0.25, 0.3) is 0 Å². The number of hydrogen-bond donors (Lipinski definition) is 1. The minimum Gasteiger partial charge on any atom is -0.392 e. The maximum absolute atomic E-state index is 13.1. The van der Waals surface area contributed by atoms with Crippen LogP contribution < -0.4 is 4.90 Å². The van der Waals surface area contributed by atoms with Crippen molar-refractivity contribution >= 4 is 17.2 Å². The number of aromatic nitrogens is 1. The van der Waals surface area contributed by atoms with Crippen LogP contribution in [0.15, 0.2) is 29.8 Å². The third kappa shape index (κ3) is 2.86. The van der Waals surface area contributed by atoms with Gasteiger partial charge in [-0.15, -0.1) is 11.3 Å². The average Bonchev–Trinajstić information content (AvgIpc) is 2.89. The van der Waals surface area contributed by atoms with Crippen molar-refractivity contribution in [2.24, 2.45) is 0 Å². The summed E-state index contributed by atoms with van der Waals surface area (Å²) in [5.41, 5.74) is 0.522. The molecule has 0 saturated heterocycles. The van der Waals surface area contributed by atoms with Gasteiger partial charge in [0.25, 0.3) is 0 Å². The second kappa shape index (κ2) is 5.93. The van der Waals surface area contributed by atoms with Crippen LogP contribution in [0.5, 0.6) is 0 Å². The van der Waals surface area contributed by atoms with E-state index in [9.17, 15) is 9.50 Å². The second-order valence-corrected chi connectivity index (χ2v) is 4.92. The van der Waals surface area contributed by atoms with E-state index in [1.54, 1.807) is 11.3 Å². The summed E-state index contributed by atoms with van der Waals surface area (Å²) in [5, 5.41) is 11.3. The van der Waals surface area contributed by atoms with Crippen molar-refractivity contribution < 1.29 is 9.50 Å². The fourth-order valence-corrected chi connectivity index (χ4v) is 2.52. The summed E-state index contributed by atoms with van der Waals surface area (Å²) in [4.78, 5) is 7.34. The van der Waals surface area contributed by atoms with Gasteiger partial charge in [0.2, 0.25) is 0 Å². The molecule has 0 amide bonds. The minimum absolute atomic E-state index is 0.207. The molecule has 2 aromatic heterocycles. The summed E-state index contributed by atoms with van der Waals surface area (Å²) in [7, 11) is 0. The highest BCUT2D eigenvalue weighted by atomic mass is 32.1. The first kappa shape index (κ1) is 13.0. The van der Waals surface area contributed by atoms with Crippen molar-refractivity contribution in [3.8, 4) is 0 Å². The van der Waals surface area contributed by atoms with Crippen molar-refractivity contribution in [1.82, 2.24) is 4.98 Å². The van der Waals surface area contributed by atoms with Gasteiger partial charge in [-0.2, -0.15) is 0 Å². The van der Waals surface area contributed by atoms with E-state index < -0.39 is 5.82 Å². The van der Waals surface area contributed by atoms with Gasteiger partial charge < -0.3 is 10.0 Å². The van der Waals surface area contributed by atoms with Crippen molar-refractivity contribution in [1.29, 1.82) is 0 Å². The molecule has 0 saturated carbocycles. The number of nitrogens with zero attached hydrogens (tertiary/aromatic N) is 2. The molecule has 1 N–H and O–H groups in total. The molecular formula is C13H15FN2OS. The summed E-state index contributed by atoms with van der Waals surface area (Å²) in [5.74, 6) is 0.227. The summed E-state index contributed by atoms with van der Waals surface area (Å²) in [6.45, 7) is 3.28. The number of aliphatic hydroxyl groups is 1. The molecule has 0 aliphatic heterocycles. The summed E-state index contributed by atoms with van der Waals surface area (Å²) < 4.78 is 13.1. The third-order valence-corrected chi connectivity index (χ3v) is 3.55. The van der Waals surface area contributed by atoms with Gasteiger partial charge >= 0.3 is 0 Å². The van der Waals surface area contributed by atoms with E-state index in [4.69, 9.17) is 0 Å². The predicted octanol–water partition coefficient (Wildman–Crippen LogP) is 2.80. The highest BCUT2D eigenvalue weighted by Gasteiger charge is 2.13. The fraction of sp³-hybridized carbons (Fsp3) is 0.308. The molecule has 3 nitrogen and oxygen atoms in total. The molecular weight excluding hydrogens is 251 g/mol. The van der Waals surface area contributed by atoms with Gasteiger partial charge in [0, 0.05) is 17.0 Å². The molecule has 0 radical (unpaired) electrons. The van der Waals surface area contributed by atoms with E-state index in [0.717, 1.165) is 13.1 Å². The zero-order chi connectivity index (χ0) is 13.0. The Hall–Kier alpha value is -1.46. The third-order valence-electron chi connectivity index (χ3n) is 2.69. The Bertz CT molecular complexity index is 502. The summed E-state index contributed by atoms with van der Waals surface area (Å²) in [6.07, 6.45) is 1.19. The molecule has 0 bridgehead atoms. The topological polar surface area (TPSA) is 36.4 Å². The Morgan fingerprint density at radius 3 is 2.94 bits per heavy atom. The monoisotopic (exact) mass is 266 g/mol. The maximum atomic E-state index is 13.1. The molecule has 2 heterocycles. The van der Waals surface area contributed by atoms with Crippen molar-refractivity contribution in [2.45, 2.75) is 20.1 Å². The van der Waals surface area contributed by atoms with E-state index in [2.05, 4.69) is 11.1 Å². The van der Waals surface area contributed by atoms with Crippen molar-refractivity contribution in [3.05, 3.63) is 46.0 Å². The standard InChI is InChI=1S/C13H15FN2OS/c1-2-16(8-12-4-3-5-18-12)13-10(9-17)6-11(14)7-15-13/h3-7,17H,2,8-9H2,1H3. The molecule has 0 aliphatic rings. The number of aliphatic hydroxyl groups excluding tert-OH is 1. The molecule has 0 unspecified atom stereocenters. The van der Waals surface area contributed by atoms with Gasteiger partial charge in [0.15, 0.2) is 0 Å². The molecule has 0 aliphatic carbocycles. The lowest BCUT2D eigenvalue weighted by Gasteiger charge is -2.23. The molecule has 2 rings (SSSR count). The fourth-order valence-electron chi connectivity index (χ4n) is 1.80. The van der Waals surface area contributed by atoms with E-state index in [0.29, 0.717) is 11.4 Å². The Kier molecular flexibility index (Phi) is 4.28. The van der Waals surface area contributed by atoms with E-state index in [1.165, 1.54) is 17.1 Å². The van der Waals surface area contributed by atoms with Crippen LogP contribution in [0, 0.1) is 5.82 Å². The second-order valence-electron chi connectivity index (χ2n) is 3.89. The summed E-state index contributed by atoms with van der Waals surface area (Å²) in [6, 6.07) is 5.38. The van der Waals surface area contributed by atoms with Crippen molar-refractivity contribution in [2.75, 3.05) is 11.4 Å². The first-order chi connectivity index (χ1) is 8.74. The lowest BCUT2D eigenvalue weighted by atomic mass is 10.2. The molecule has 96 valence electrons. The van der Waals surface area contributed by atoms with Crippen LogP contribution in [0.3, 0.4) is 0 Å². The first-order valence-corrected chi connectivity index (χ1v) is 6.65. The highest BCUT2D eigenvalue weighted by molar-refractivity contribution is 7.09. The van der Waals surface area contributed by atoms with Gasteiger partial charge in [-0.05, 0) is 24.4 Å². The van der Waals surface area contributed by atoms with E-state index in [-0.39, 0.29) is 6.61 Å². The predicted molar refractivity (Wildman–Crippen MR) is 71.2 cm³/mol. The zero-order valence-corrected chi connectivity index (χ0v) is 11.0. The van der Waals surface area contributed by atoms with Gasteiger partial charge in [-0.25, -0.2) is 9.37 Å². The quantitative estimate of drug-likeness (QED) is 0.904. The Morgan fingerprint density at radius 1 is 1.50 bits per heavy atom. The average molecular weight is 266 g/mol. The van der Waals surface area contributed by atoms with Crippen LogP contribution in [0.2, 0.25) is 0 Å². The number of pyridine rings is 1. The zero-order valence-electron chi connectivity index (χ0n) is 10.1. The van der Waals surface area contributed by atoms with Crippen LogP contribution in [0.1, 0.15) is 17.4 Å². The van der Waals surface area contributed by atoms with Gasteiger partial charge in [0.05, 0.1) is 19.3 Å². The Balaban J connectivity index is 2.26. The molecule has 18 heavy (non-hydrogen) atoms. The number of anilines is 1. The van der Waals surface area contributed by atoms with Gasteiger partial charge in [-0.1, -0.05) is 6.07 Å². The highest BCUT2D eigenvalue weighted by Crippen LogP contribution is 2.22. The smallest absolute Gasteiger partial charge is 0.142 e. The lowest BCUT2D eigenvalue weighted by molar-refractivity contribution is 0.281. The Labute approximate surface area is 110 Å². The Morgan fingerprint density at radius 2 is 2.33 bits per heavy atom.